The minimum Gasteiger partial charge on any atom is -0.336 e. The zero-order chi connectivity index (χ0) is 12.4. The maximum atomic E-state index is 12.0. The second kappa shape index (κ2) is 5.79. The van der Waals surface area contributed by atoms with Gasteiger partial charge in [-0.05, 0) is 6.07 Å². The van der Waals surface area contributed by atoms with Gasteiger partial charge in [-0.15, -0.1) is 12.4 Å². The van der Waals surface area contributed by atoms with Gasteiger partial charge in [0.25, 0.3) is 11.6 Å². The highest BCUT2D eigenvalue weighted by molar-refractivity contribution is 5.95. The average Bonchev–Trinajstić information content (AvgIpc) is 2.25. The molecule has 1 amide bonds. The van der Waals surface area contributed by atoms with Crippen molar-refractivity contribution in [3.63, 3.8) is 0 Å². The van der Waals surface area contributed by atoms with Crippen LogP contribution in [0.3, 0.4) is 0 Å². The molecule has 0 aliphatic carbocycles. The fraction of sp³-hybridized carbons (Fsp3) is 0.364. The molecule has 7 heteroatoms. The SMILES string of the molecule is CN(C(=O)c1cccc([N+](=O)[O-])c1)C1CNC1.Cl. The Morgan fingerprint density at radius 1 is 1.50 bits per heavy atom. The highest BCUT2D eigenvalue weighted by atomic mass is 35.5. The van der Waals surface area contributed by atoms with Gasteiger partial charge in [-0.3, -0.25) is 14.9 Å². The first-order valence-electron chi connectivity index (χ1n) is 5.32. The van der Waals surface area contributed by atoms with Crippen LogP contribution >= 0.6 is 12.4 Å². The van der Waals surface area contributed by atoms with E-state index >= 15 is 0 Å². The third-order valence-electron chi connectivity index (χ3n) is 2.93. The second-order valence-electron chi connectivity index (χ2n) is 4.04. The smallest absolute Gasteiger partial charge is 0.270 e. The highest BCUT2D eigenvalue weighted by Crippen LogP contribution is 2.16. The fourth-order valence-electron chi connectivity index (χ4n) is 1.67. The third kappa shape index (κ3) is 2.77. The molecule has 1 aliphatic rings. The molecule has 0 spiro atoms. The number of carbonyl (C=O) groups excluding carboxylic acids is 1. The fourth-order valence-corrected chi connectivity index (χ4v) is 1.67. The van der Waals surface area contributed by atoms with E-state index in [2.05, 4.69) is 5.32 Å². The monoisotopic (exact) mass is 271 g/mol. The zero-order valence-electron chi connectivity index (χ0n) is 9.83. The highest BCUT2D eigenvalue weighted by Gasteiger charge is 2.26. The van der Waals surface area contributed by atoms with E-state index in [1.165, 1.54) is 18.2 Å². The quantitative estimate of drug-likeness (QED) is 0.659. The van der Waals surface area contributed by atoms with Gasteiger partial charge in [-0.25, -0.2) is 0 Å². The van der Waals surface area contributed by atoms with Crippen LogP contribution in [0.4, 0.5) is 5.69 Å². The maximum Gasteiger partial charge on any atom is 0.270 e. The van der Waals surface area contributed by atoms with Crippen molar-refractivity contribution < 1.29 is 9.72 Å². The first kappa shape index (κ1) is 14.4. The Morgan fingerprint density at radius 3 is 2.67 bits per heavy atom. The molecule has 0 unspecified atom stereocenters. The molecular formula is C11H14ClN3O3. The number of nitrogens with zero attached hydrogens (tertiary/aromatic N) is 2. The maximum absolute atomic E-state index is 12.0. The van der Waals surface area contributed by atoms with Crippen LogP contribution < -0.4 is 5.32 Å². The van der Waals surface area contributed by atoms with Crippen molar-refractivity contribution in [2.75, 3.05) is 20.1 Å². The normalized spacial score (nSPS) is 14.3. The third-order valence-corrected chi connectivity index (χ3v) is 2.93. The van der Waals surface area contributed by atoms with Crippen LogP contribution in [0.15, 0.2) is 24.3 Å². The molecule has 0 aromatic heterocycles. The summed E-state index contributed by atoms with van der Waals surface area (Å²) in [5, 5.41) is 13.7. The molecule has 0 atom stereocenters. The lowest BCUT2D eigenvalue weighted by molar-refractivity contribution is -0.384. The number of halogens is 1. The molecule has 1 aliphatic heterocycles. The van der Waals surface area contributed by atoms with Crippen molar-refractivity contribution in [1.29, 1.82) is 0 Å². The summed E-state index contributed by atoms with van der Waals surface area (Å²) < 4.78 is 0. The molecule has 6 nitrogen and oxygen atoms in total. The van der Waals surface area contributed by atoms with Gasteiger partial charge >= 0.3 is 0 Å². The van der Waals surface area contributed by atoms with E-state index in [0.29, 0.717) is 5.56 Å². The van der Waals surface area contributed by atoms with Gasteiger partial charge in [-0.1, -0.05) is 6.07 Å². The predicted octanol–water partition coefficient (Wildman–Crippen LogP) is 1.06. The molecule has 0 bridgehead atoms. The summed E-state index contributed by atoms with van der Waals surface area (Å²) in [4.78, 5) is 23.8. The molecule has 1 aromatic rings. The van der Waals surface area contributed by atoms with Crippen LogP contribution in [-0.4, -0.2) is 41.9 Å². The van der Waals surface area contributed by atoms with Crippen LogP contribution in [-0.2, 0) is 0 Å². The minimum atomic E-state index is -0.498. The Labute approximate surface area is 111 Å². The topological polar surface area (TPSA) is 75.5 Å². The van der Waals surface area contributed by atoms with Gasteiger partial charge in [0.15, 0.2) is 0 Å². The van der Waals surface area contributed by atoms with Gasteiger partial charge in [0.2, 0.25) is 0 Å². The standard InChI is InChI=1S/C11H13N3O3.ClH/c1-13(10-6-12-7-10)11(15)8-3-2-4-9(5-8)14(16)17;/h2-5,10,12H,6-7H2,1H3;1H. The lowest BCUT2D eigenvalue weighted by Gasteiger charge is -2.35. The summed E-state index contributed by atoms with van der Waals surface area (Å²) in [7, 11) is 1.71. The van der Waals surface area contributed by atoms with Crippen LogP contribution in [0.1, 0.15) is 10.4 Å². The number of nitro groups is 1. The molecule has 98 valence electrons. The van der Waals surface area contributed by atoms with Crippen molar-refractivity contribution in [2.24, 2.45) is 0 Å². The van der Waals surface area contributed by atoms with Crippen molar-refractivity contribution in [1.82, 2.24) is 10.2 Å². The molecule has 1 heterocycles. The number of likely N-dealkylation sites (N-methyl/N-ethyl adjacent to an activating group) is 1. The van der Waals surface area contributed by atoms with Crippen molar-refractivity contribution >= 4 is 24.0 Å². The number of carbonyl (C=O) groups is 1. The Kier molecular flexibility index (Phi) is 4.63. The second-order valence-corrected chi connectivity index (χ2v) is 4.04. The van der Waals surface area contributed by atoms with Crippen LogP contribution in [0.2, 0.25) is 0 Å². The Bertz CT molecular complexity index is 463. The summed E-state index contributed by atoms with van der Waals surface area (Å²) in [6, 6.07) is 5.99. The van der Waals surface area contributed by atoms with Crippen molar-refractivity contribution in [2.45, 2.75) is 6.04 Å². The lowest BCUT2D eigenvalue weighted by atomic mass is 10.1. The number of non-ortho nitro benzene ring substituents is 1. The summed E-state index contributed by atoms with van der Waals surface area (Å²) in [6.45, 7) is 1.55. The molecule has 1 N–H and O–H groups in total. The molecule has 18 heavy (non-hydrogen) atoms. The first-order valence-corrected chi connectivity index (χ1v) is 5.32. The van der Waals surface area contributed by atoms with Gasteiger partial charge < -0.3 is 10.2 Å². The van der Waals surface area contributed by atoms with Gasteiger partial charge in [-0.2, -0.15) is 0 Å². The van der Waals surface area contributed by atoms with E-state index in [1.807, 2.05) is 0 Å². The van der Waals surface area contributed by atoms with Crippen LogP contribution in [0, 0.1) is 10.1 Å². The Balaban J connectivity index is 0.00000162. The average molecular weight is 272 g/mol. The Morgan fingerprint density at radius 2 is 2.17 bits per heavy atom. The summed E-state index contributed by atoms with van der Waals surface area (Å²) in [6.07, 6.45) is 0. The number of rotatable bonds is 3. The van der Waals surface area contributed by atoms with Crippen LogP contribution in [0.5, 0.6) is 0 Å². The zero-order valence-corrected chi connectivity index (χ0v) is 10.6. The van der Waals surface area contributed by atoms with E-state index in [9.17, 15) is 14.9 Å². The molecule has 0 radical (unpaired) electrons. The summed E-state index contributed by atoms with van der Waals surface area (Å²) in [5.74, 6) is -0.180. The largest absolute Gasteiger partial charge is 0.336 e. The number of amides is 1. The molecule has 2 rings (SSSR count). The van der Waals surface area contributed by atoms with E-state index < -0.39 is 4.92 Å². The van der Waals surface area contributed by atoms with Crippen molar-refractivity contribution in [3.05, 3.63) is 39.9 Å². The minimum absolute atomic E-state index is 0. The van der Waals surface area contributed by atoms with Gasteiger partial charge in [0, 0.05) is 37.8 Å². The molecule has 1 fully saturated rings. The van der Waals surface area contributed by atoms with E-state index in [1.54, 1.807) is 18.0 Å². The number of nitrogens with one attached hydrogen (secondary N) is 1. The van der Waals surface area contributed by atoms with Gasteiger partial charge in [0.1, 0.15) is 0 Å². The lowest BCUT2D eigenvalue weighted by Crippen LogP contribution is -2.57. The molecule has 1 saturated heterocycles. The van der Waals surface area contributed by atoms with E-state index in [-0.39, 0.29) is 30.0 Å². The predicted molar refractivity (Wildman–Crippen MR) is 69.1 cm³/mol. The number of benzene rings is 1. The number of nitro benzene ring substituents is 1. The van der Waals surface area contributed by atoms with E-state index in [0.717, 1.165) is 13.1 Å². The first-order chi connectivity index (χ1) is 8.09. The van der Waals surface area contributed by atoms with Crippen molar-refractivity contribution in [3.8, 4) is 0 Å². The van der Waals surface area contributed by atoms with E-state index in [4.69, 9.17) is 0 Å². The summed E-state index contributed by atoms with van der Waals surface area (Å²) in [5.41, 5.74) is 0.296. The summed E-state index contributed by atoms with van der Waals surface area (Å²) >= 11 is 0. The number of hydrogen-bond acceptors (Lipinski definition) is 4. The number of hydrogen-bond donors (Lipinski definition) is 1. The van der Waals surface area contributed by atoms with Gasteiger partial charge in [0.05, 0.1) is 11.0 Å². The Hall–Kier alpha value is -1.66. The van der Waals surface area contributed by atoms with Crippen LogP contribution in [0.25, 0.3) is 0 Å². The molecule has 0 saturated carbocycles. The molecular weight excluding hydrogens is 258 g/mol. The molecule has 1 aromatic carbocycles.